The monoisotopic (exact) mass is 353 g/mol. The zero-order chi connectivity index (χ0) is 16.4. The largest absolute Gasteiger partial charge is 0.380 e. The summed E-state index contributed by atoms with van der Waals surface area (Å²) in [5.74, 6) is 0.138. The molecule has 1 aromatic carbocycles. The normalized spacial score (nSPS) is 16.2. The molecule has 2 N–H and O–H groups in total. The smallest absolute Gasteiger partial charge is 0.371 e. The van der Waals surface area contributed by atoms with Gasteiger partial charge in [-0.2, -0.15) is 13.6 Å². The summed E-state index contributed by atoms with van der Waals surface area (Å²) in [6.07, 6.45) is 7.41. The van der Waals surface area contributed by atoms with Crippen molar-refractivity contribution in [3.63, 3.8) is 0 Å². The Morgan fingerprint density at radius 2 is 1.65 bits per heavy atom. The molecule has 1 heterocycles. The Balaban J connectivity index is 2.12. The van der Waals surface area contributed by atoms with Gasteiger partial charge in [0.25, 0.3) is 0 Å². The Labute approximate surface area is 139 Å². The van der Waals surface area contributed by atoms with Gasteiger partial charge >= 0.3 is 10.3 Å². The van der Waals surface area contributed by atoms with Crippen LogP contribution in [0.3, 0.4) is 0 Å². The molecule has 0 amide bonds. The molecule has 2 aromatic rings. The molecule has 0 fully saturated rings. The first-order chi connectivity index (χ1) is 10.9. The van der Waals surface area contributed by atoms with E-state index in [1.807, 2.05) is 6.07 Å². The third-order valence-electron chi connectivity index (χ3n) is 4.16. The molecule has 0 unspecified atom stereocenters. The first-order valence-corrected chi connectivity index (χ1v) is 10.0. The van der Waals surface area contributed by atoms with Crippen LogP contribution in [0.25, 0.3) is 10.1 Å². The lowest BCUT2D eigenvalue weighted by atomic mass is 9.99. The molecule has 0 atom stereocenters. The van der Waals surface area contributed by atoms with Crippen LogP contribution in [0, 0.1) is 0 Å². The fourth-order valence-electron chi connectivity index (χ4n) is 3.14. The van der Waals surface area contributed by atoms with E-state index >= 15 is 0 Å². The number of nitrogens with two attached hydrogens (primary N) is 1. The van der Waals surface area contributed by atoms with Crippen molar-refractivity contribution in [3.8, 4) is 5.75 Å². The summed E-state index contributed by atoms with van der Waals surface area (Å²) in [4.78, 5) is 12.5. The van der Waals surface area contributed by atoms with E-state index in [9.17, 15) is 13.2 Å². The predicted molar refractivity (Wildman–Crippen MR) is 92.3 cm³/mol. The van der Waals surface area contributed by atoms with Crippen molar-refractivity contribution in [2.75, 3.05) is 0 Å². The van der Waals surface area contributed by atoms with E-state index in [-0.39, 0.29) is 10.5 Å². The molecular weight excluding hydrogens is 334 g/mol. The summed E-state index contributed by atoms with van der Waals surface area (Å²) in [5, 5.41) is 5.92. The lowest BCUT2D eigenvalue weighted by Gasteiger charge is -2.11. The van der Waals surface area contributed by atoms with Crippen molar-refractivity contribution < 1.29 is 12.6 Å². The molecule has 3 rings (SSSR count). The number of rotatable bonds is 2. The fourth-order valence-corrected chi connectivity index (χ4v) is 4.54. The lowest BCUT2D eigenvalue weighted by Crippen LogP contribution is -2.18. The topological polar surface area (TPSA) is 86.5 Å². The van der Waals surface area contributed by atoms with Gasteiger partial charge in [0.15, 0.2) is 0 Å². The minimum Gasteiger partial charge on any atom is -0.371 e. The van der Waals surface area contributed by atoms with Crippen LogP contribution in [0.2, 0.25) is 0 Å². The number of hydrogen-bond acceptors (Lipinski definition) is 5. The molecule has 5 nitrogen and oxygen atoms in total. The van der Waals surface area contributed by atoms with Crippen molar-refractivity contribution >= 4 is 31.7 Å². The van der Waals surface area contributed by atoms with Crippen LogP contribution in [-0.2, 0) is 23.1 Å². The average Bonchev–Trinajstić information content (AvgIpc) is 2.57. The van der Waals surface area contributed by atoms with Crippen LogP contribution in [0.1, 0.15) is 43.2 Å². The molecule has 7 heteroatoms. The van der Waals surface area contributed by atoms with Crippen molar-refractivity contribution in [2.24, 2.45) is 5.14 Å². The van der Waals surface area contributed by atoms with Gasteiger partial charge in [-0.15, -0.1) is 0 Å². The minimum atomic E-state index is -4.06. The summed E-state index contributed by atoms with van der Waals surface area (Å²) in [5.41, 5.74) is 2.05. The Bertz CT molecular complexity index is 887. The predicted octanol–water partition coefficient (Wildman–Crippen LogP) is 2.89. The van der Waals surface area contributed by atoms with Gasteiger partial charge < -0.3 is 4.18 Å². The molecule has 0 aliphatic heterocycles. The maximum absolute atomic E-state index is 12.5. The van der Waals surface area contributed by atoms with Crippen LogP contribution >= 0.6 is 11.3 Å². The SMILES string of the molecule is NS(=O)(=O)Oc1ccc2c3c(c(=O)sc2c1)CCCCCCC3. The second-order valence-electron chi connectivity index (χ2n) is 5.85. The average molecular weight is 353 g/mol. The molecule has 1 aliphatic rings. The Morgan fingerprint density at radius 1 is 1.00 bits per heavy atom. The number of fused-ring (bicyclic) bond motifs is 3. The number of hydrogen-bond donors (Lipinski definition) is 1. The van der Waals surface area contributed by atoms with Gasteiger partial charge in [-0.25, -0.2) is 0 Å². The van der Waals surface area contributed by atoms with Crippen LogP contribution in [0.15, 0.2) is 23.0 Å². The fraction of sp³-hybridized carbons (Fsp3) is 0.438. The molecule has 23 heavy (non-hydrogen) atoms. The van der Waals surface area contributed by atoms with E-state index in [1.165, 1.54) is 19.3 Å². The molecule has 0 saturated carbocycles. The maximum atomic E-state index is 12.5. The van der Waals surface area contributed by atoms with Gasteiger partial charge in [0.1, 0.15) is 5.75 Å². The van der Waals surface area contributed by atoms with E-state index in [2.05, 4.69) is 0 Å². The molecule has 124 valence electrons. The highest BCUT2D eigenvalue weighted by Gasteiger charge is 2.15. The van der Waals surface area contributed by atoms with Gasteiger partial charge in [-0.05, 0) is 54.8 Å². The van der Waals surface area contributed by atoms with Crippen LogP contribution < -0.4 is 14.1 Å². The highest BCUT2D eigenvalue weighted by atomic mass is 32.2. The second-order valence-corrected chi connectivity index (χ2v) is 8.02. The molecule has 1 aromatic heterocycles. The number of benzene rings is 1. The van der Waals surface area contributed by atoms with Gasteiger partial charge in [0.2, 0.25) is 4.74 Å². The van der Waals surface area contributed by atoms with Crippen LogP contribution in [0.4, 0.5) is 0 Å². The quantitative estimate of drug-likeness (QED) is 0.899. The summed E-state index contributed by atoms with van der Waals surface area (Å²) >= 11 is 1.15. The third kappa shape index (κ3) is 3.91. The zero-order valence-corrected chi connectivity index (χ0v) is 14.3. The van der Waals surface area contributed by atoms with E-state index in [1.54, 1.807) is 12.1 Å². The van der Waals surface area contributed by atoms with Crippen molar-refractivity contribution in [2.45, 2.75) is 44.9 Å². The summed E-state index contributed by atoms with van der Waals surface area (Å²) in [6.45, 7) is 0. The van der Waals surface area contributed by atoms with E-state index < -0.39 is 10.3 Å². The molecule has 0 bridgehead atoms. The Kier molecular flexibility index (Phi) is 4.70. The van der Waals surface area contributed by atoms with Gasteiger partial charge in [-0.1, -0.05) is 30.6 Å². The zero-order valence-electron chi connectivity index (χ0n) is 12.7. The Hall–Kier alpha value is -1.44. The van der Waals surface area contributed by atoms with Crippen LogP contribution in [-0.4, -0.2) is 8.42 Å². The van der Waals surface area contributed by atoms with Crippen molar-refractivity contribution in [1.29, 1.82) is 0 Å². The molecule has 0 spiro atoms. The molecule has 0 radical (unpaired) electrons. The third-order valence-corrected chi connectivity index (χ3v) is 5.57. The molecule has 0 saturated heterocycles. The summed E-state index contributed by atoms with van der Waals surface area (Å²) in [7, 11) is -4.06. The highest BCUT2D eigenvalue weighted by Crippen LogP contribution is 2.30. The highest BCUT2D eigenvalue weighted by molar-refractivity contribution is 7.84. The van der Waals surface area contributed by atoms with Gasteiger partial charge in [0, 0.05) is 10.3 Å². The van der Waals surface area contributed by atoms with Crippen molar-refractivity contribution in [3.05, 3.63) is 38.9 Å². The van der Waals surface area contributed by atoms with Gasteiger partial charge in [0.05, 0.1) is 0 Å². The van der Waals surface area contributed by atoms with E-state index in [0.29, 0.717) is 0 Å². The maximum Gasteiger partial charge on any atom is 0.380 e. The summed E-state index contributed by atoms with van der Waals surface area (Å²) < 4.78 is 27.6. The summed E-state index contributed by atoms with van der Waals surface area (Å²) in [6, 6.07) is 5.01. The van der Waals surface area contributed by atoms with E-state index in [0.717, 1.165) is 58.2 Å². The standard InChI is InChI=1S/C16H19NO4S2/c17-23(19,20)21-11-8-9-13-12-6-4-2-1-3-5-7-14(12)16(18)22-15(13)10-11/h8-10H,1-7H2,(H2,17,19,20). The molecule has 1 aliphatic carbocycles. The van der Waals surface area contributed by atoms with Crippen LogP contribution in [0.5, 0.6) is 5.75 Å². The molecular formula is C16H19NO4S2. The van der Waals surface area contributed by atoms with E-state index in [4.69, 9.17) is 9.32 Å². The number of aryl methyl sites for hydroxylation is 1. The Morgan fingerprint density at radius 3 is 2.35 bits per heavy atom. The lowest BCUT2D eigenvalue weighted by molar-refractivity contribution is 0.488. The second kappa shape index (κ2) is 6.59. The minimum absolute atomic E-state index is 0.0714. The first kappa shape index (κ1) is 16.4. The first-order valence-electron chi connectivity index (χ1n) is 7.75. The van der Waals surface area contributed by atoms with Crippen molar-refractivity contribution in [1.82, 2.24) is 0 Å². The van der Waals surface area contributed by atoms with Gasteiger partial charge in [-0.3, -0.25) is 4.79 Å².